The number of para-hydroxylation sites is 1. The van der Waals surface area contributed by atoms with Gasteiger partial charge in [-0.1, -0.05) is 25.1 Å². The molecule has 2 aromatic rings. The van der Waals surface area contributed by atoms with Crippen LogP contribution in [0.15, 0.2) is 30.3 Å². The SMILES string of the molecule is CC1CCCN(Cc2nnnn2-c2ccccc2)C1CN. The highest BCUT2D eigenvalue weighted by molar-refractivity contribution is 5.30. The van der Waals surface area contributed by atoms with Gasteiger partial charge in [-0.25, -0.2) is 0 Å². The minimum absolute atomic E-state index is 0.416. The second-order valence-corrected chi connectivity index (χ2v) is 5.74. The number of aromatic nitrogens is 4. The number of likely N-dealkylation sites (tertiary alicyclic amines) is 1. The lowest BCUT2D eigenvalue weighted by Crippen LogP contribution is -2.48. The number of piperidine rings is 1. The molecule has 1 aromatic carbocycles. The summed E-state index contributed by atoms with van der Waals surface area (Å²) in [6.07, 6.45) is 2.46. The predicted octanol–water partition coefficient (Wildman–Crippen LogP) is 1.22. The highest BCUT2D eigenvalue weighted by Gasteiger charge is 2.28. The van der Waals surface area contributed by atoms with Crippen LogP contribution in [0.25, 0.3) is 5.69 Å². The number of rotatable bonds is 4. The van der Waals surface area contributed by atoms with Crippen LogP contribution in [0.2, 0.25) is 0 Å². The number of tetrazole rings is 1. The van der Waals surface area contributed by atoms with Gasteiger partial charge < -0.3 is 5.73 Å². The van der Waals surface area contributed by atoms with E-state index in [1.165, 1.54) is 12.8 Å². The molecule has 1 saturated heterocycles. The van der Waals surface area contributed by atoms with Crippen LogP contribution in [0, 0.1) is 5.92 Å². The lowest BCUT2D eigenvalue weighted by molar-refractivity contribution is 0.0956. The maximum absolute atomic E-state index is 5.96. The van der Waals surface area contributed by atoms with Gasteiger partial charge in [0.1, 0.15) is 0 Å². The molecule has 2 heterocycles. The van der Waals surface area contributed by atoms with Gasteiger partial charge in [-0.05, 0) is 47.9 Å². The Morgan fingerprint density at radius 2 is 2.10 bits per heavy atom. The van der Waals surface area contributed by atoms with Crippen LogP contribution in [-0.2, 0) is 6.54 Å². The summed E-state index contributed by atoms with van der Waals surface area (Å²) in [5.41, 5.74) is 6.95. The summed E-state index contributed by atoms with van der Waals surface area (Å²) in [6, 6.07) is 10.4. The third-order valence-corrected chi connectivity index (χ3v) is 4.35. The van der Waals surface area contributed by atoms with Crippen LogP contribution in [0.3, 0.4) is 0 Å². The molecule has 0 amide bonds. The molecule has 3 rings (SSSR count). The van der Waals surface area contributed by atoms with Crippen molar-refractivity contribution in [1.29, 1.82) is 0 Å². The van der Waals surface area contributed by atoms with Crippen LogP contribution in [0.5, 0.6) is 0 Å². The van der Waals surface area contributed by atoms with Crippen molar-refractivity contribution in [2.45, 2.75) is 32.4 Å². The van der Waals surface area contributed by atoms with Crippen molar-refractivity contribution in [1.82, 2.24) is 25.1 Å². The van der Waals surface area contributed by atoms with E-state index >= 15 is 0 Å². The standard InChI is InChI=1S/C15H22N6/c1-12-6-5-9-20(14(12)10-16)11-15-17-18-19-21(15)13-7-3-2-4-8-13/h2-4,7-8,12,14H,5-6,9-11,16H2,1H3. The van der Waals surface area contributed by atoms with Crippen molar-refractivity contribution < 1.29 is 0 Å². The summed E-state index contributed by atoms with van der Waals surface area (Å²) >= 11 is 0. The Balaban J connectivity index is 1.81. The van der Waals surface area contributed by atoms with E-state index in [1.54, 1.807) is 0 Å². The van der Waals surface area contributed by atoms with Crippen LogP contribution in [0.4, 0.5) is 0 Å². The molecule has 2 unspecified atom stereocenters. The van der Waals surface area contributed by atoms with E-state index in [2.05, 4.69) is 27.3 Å². The summed E-state index contributed by atoms with van der Waals surface area (Å²) in [5.74, 6) is 1.50. The lowest BCUT2D eigenvalue weighted by Gasteiger charge is -2.39. The normalized spacial score (nSPS) is 23.3. The van der Waals surface area contributed by atoms with Crippen molar-refractivity contribution in [2.75, 3.05) is 13.1 Å². The fraction of sp³-hybridized carbons (Fsp3) is 0.533. The Morgan fingerprint density at radius 1 is 1.29 bits per heavy atom. The first-order valence-electron chi connectivity index (χ1n) is 7.56. The van der Waals surface area contributed by atoms with Gasteiger partial charge >= 0.3 is 0 Å². The molecule has 0 radical (unpaired) electrons. The quantitative estimate of drug-likeness (QED) is 0.915. The molecule has 2 atom stereocenters. The minimum atomic E-state index is 0.416. The van der Waals surface area contributed by atoms with Gasteiger partial charge in [0.15, 0.2) is 5.82 Å². The Morgan fingerprint density at radius 3 is 2.86 bits per heavy atom. The zero-order valence-corrected chi connectivity index (χ0v) is 12.4. The molecular weight excluding hydrogens is 264 g/mol. The molecule has 0 saturated carbocycles. The second-order valence-electron chi connectivity index (χ2n) is 5.74. The summed E-state index contributed by atoms with van der Waals surface area (Å²) in [6.45, 7) is 4.78. The van der Waals surface area contributed by atoms with Crippen LogP contribution < -0.4 is 5.73 Å². The molecule has 0 bridgehead atoms. The molecular formula is C15H22N6. The van der Waals surface area contributed by atoms with Gasteiger partial charge in [-0.2, -0.15) is 4.68 Å². The molecule has 1 aromatic heterocycles. The Kier molecular flexibility index (Phi) is 4.26. The average molecular weight is 286 g/mol. The fourth-order valence-electron chi connectivity index (χ4n) is 3.17. The number of benzene rings is 1. The zero-order chi connectivity index (χ0) is 14.7. The first-order chi connectivity index (χ1) is 10.3. The number of nitrogens with two attached hydrogens (primary N) is 1. The largest absolute Gasteiger partial charge is 0.329 e. The van der Waals surface area contributed by atoms with E-state index in [0.29, 0.717) is 18.5 Å². The summed E-state index contributed by atoms with van der Waals surface area (Å²) in [7, 11) is 0. The lowest BCUT2D eigenvalue weighted by atomic mass is 9.91. The van der Waals surface area contributed by atoms with E-state index in [0.717, 1.165) is 24.6 Å². The van der Waals surface area contributed by atoms with Gasteiger partial charge in [0.05, 0.1) is 12.2 Å². The van der Waals surface area contributed by atoms with Crippen molar-refractivity contribution >= 4 is 0 Å². The number of hydrogen-bond donors (Lipinski definition) is 1. The third-order valence-electron chi connectivity index (χ3n) is 4.35. The molecule has 1 fully saturated rings. The number of nitrogens with zero attached hydrogens (tertiary/aromatic N) is 5. The Bertz CT molecular complexity index is 567. The highest BCUT2D eigenvalue weighted by Crippen LogP contribution is 2.24. The zero-order valence-electron chi connectivity index (χ0n) is 12.4. The molecule has 6 nitrogen and oxygen atoms in total. The van der Waals surface area contributed by atoms with E-state index in [9.17, 15) is 0 Å². The minimum Gasteiger partial charge on any atom is -0.329 e. The number of hydrogen-bond acceptors (Lipinski definition) is 5. The van der Waals surface area contributed by atoms with Gasteiger partial charge in [0.2, 0.25) is 0 Å². The summed E-state index contributed by atoms with van der Waals surface area (Å²) in [4.78, 5) is 2.42. The van der Waals surface area contributed by atoms with Crippen molar-refractivity contribution in [3.05, 3.63) is 36.2 Å². The Labute approximate surface area is 124 Å². The monoisotopic (exact) mass is 286 g/mol. The molecule has 21 heavy (non-hydrogen) atoms. The Hall–Kier alpha value is -1.79. The van der Waals surface area contributed by atoms with Gasteiger partial charge in [-0.15, -0.1) is 5.10 Å². The van der Waals surface area contributed by atoms with E-state index in [1.807, 2.05) is 35.0 Å². The smallest absolute Gasteiger partial charge is 0.170 e. The summed E-state index contributed by atoms with van der Waals surface area (Å²) < 4.78 is 1.81. The van der Waals surface area contributed by atoms with Crippen LogP contribution in [-0.4, -0.2) is 44.2 Å². The molecule has 0 spiro atoms. The van der Waals surface area contributed by atoms with Crippen molar-refractivity contribution in [3.63, 3.8) is 0 Å². The van der Waals surface area contributed by atoms with E-state index < -0.39 is 0 Å². The van der Waals surface area contributed by atoms with Crippen molar-refractivity contribution in [3.8, 4) is 5.69 Å². The highest BCUT2D eigenvalue weighted by atomic mass is 15.5. The molecule has 112 valence electrons. The maximum Gasteiger partial charge on any atom is 0.170 e. The van der Waals surface area contributed by atoms with E-state index in [4.69, 9.17) is 5.73 Å². The fourth-order valence-corrected chi connectivity index (χ4v) is 3.17. The molecule has 1 aliphatic rings. The van der Waals surface area contributed by atoms with Crippen LogP contribution in [0.1, 0.15) is 25.6 Å². The molecule has 2 N–H and O–H groups in total. The molecule has 6 heteroatoms. The predicted molar refractivity (Wildman–Crippen MR) is 80.8 cm³/mol. The third kappa shape index (κ3) is 2.96. The van der Waals surface area contributed by atoms with Crippen molar-refractivity contribution in [2.24, 2.45) is 11.7 Å². The first-order valence-corrected chi connectivity index (χ1v) is 7.56. The topological polar surface area (TPSA) is 72.9 Å². The van der Waals surface area contributed by atoms with Gasteiger partial charge in [0, 0.05) is 12.6 Å². The van der Waals surface area contributed by atoms with Gasteiger partial charge in [-0.3, -0.25) is 4.90 Å². The average Bonchev–Trinajstić information content (AvgIpc) is 2.97. The second kappa shape index (κ2) is 6.32. The first kappa shape index (κ1) is 14.2. The maximum atomic E-state index is 5.96. The van der Waals surface area contributed by atoms with E-state index in [-0.39, 0.29) is 0 Å². The van der Waals surface area contributed by atoms with Gasteiger partial charge in [0.25, 0.3) is 0 Å². The molecule has 1 aliphatic heterocycles. The molecule has 0 aliphatic carbocycles. The van der Waals surface area contributed by atoms with Crippen LogP contribution >= 0.6 is 0 Å². The summed E-state index contributed by atoms with van der Waals surface area (Å²) in [5, 5.41) is 12.2.